The van der Waals surface area contributed by atoms with Gasteiger partial charge in [-0.1, -0.05) is 0 Å². The van der Waals surface area contributed by atoms with Gasteiger partial charge in [0.25, 0.3) is 0 Å². The first kappa shape index (κ1) is 16.9. The van der Waals surface area contributed by atoms with Crippen LogP contribution in [0.15, 0.2) is 21.5 Å². The Kier molecular flexibility index (Phi) is 5.49. The smallest absolute Gasteiger partial charge is 0.245 e. The van der Waals surface area contributed by atoms with Crippen LogP contribution in [0.5, 0.6) is 0 Å². The number of carbonyl (C=O) groups excluding carboxylic acids is 1. The number of nitrogens with one attached hydrogen (secondary N) is 1. The van der Waals surface area contributed by atoms with Gasteiger partial charge in [0.05, 0.1) is 16.7 Å². The number of nitrogens with zero attached hydrogens (tertiary/aromatic N) is 1. The number of carbonyl (C=O) groups is 1. The monoisotopic (exact) mass is 367 g/mol. The number of hydrogen-bond acceptors (Lipinski definition) is 4. The van der Waals surface area contributed by atoms with Crippen LogP contribution in [0.3, 0.4) is 0 Å². The van der Waals surface area contributed by atoms with Crippen LogP contribution in [0, 0.1) is 5.82 Å². The van der Waals surface area contributed by atoms with E-state index >= 15 is 0 Å². The van der Waals surface area contributed by atoms with Crippen LogP contribution < -0.4 is 11.1 Å². The molecule has 0 aliphatic carbocycles. The Balaban J connectivity index is 3.11. The van der Waals surface area contributed by atoms with Crippen molar-refractivity contribution in [1.29, 1.82) is 0 Å². The summed E-state index contributed by atoms with van der Waals surface area (Å²) < 4.78 is 38.7. The number of nitrogens with two attached hydrogens (primary N) is 1. The predicted molar refractivity (Wildman–Crippen MR) is 77.0 cm³/mol. The summed E-state index contributed by atoms with van der Waals surface area (Å²) in [6.45, 7) is 1.78. The number of sulfonamides is 1. The lowest BCUT2D eigenvalue weighted by atomic mass is 10.3. The Morgan fingerprint density at radius 1 is 1.50 bits per heavy atom. The lowest BCUT2D eigenvalue weighted by molar-refractivity contribution is -0.121. The van der Waals surface area contributed by atoms with E-state index in [-0.39, 0.29) is 21.6 Å². The molecule has 0 radical (unpaired) electrons. The maximum atomic E-state index is 13.3. The lowest BCUT2D eigenvalue weighted by Gasteiger charge is -2.18. The molecular formula is C11H15BrFN3O3S. The molecule has 20 heavy (non-hydrogen) atoms. The van der Waals surface area contributed by atoms with Gasteiger partial charge in [0.15, 0.2) is 0 Å². The minimum atomic E-state index is -3.97. The highest BCUT2D eigenvalue weighted by Gasteiger charge is 2.26. The largest absolute Gasteiger partial charge is 0.398 e. The van der Waals surface area contributed by atoms with Gasteiger partial charge in [-0.3, -0.25) is 4.79 Å². The highest BCUT2D eigenvalue weighted by Crippen LogP contribution is 2.27. The van der Waals surface area contributed by atoms with Gasteiger partial charge < -0.3 is 11.1 Å². The van der Waals surface area contributed by atoms with E-state index in [0.29, 0.717) is 6.54 Å². The van der Waals surface area contributed by atoms with Gasteiger partial charge in [0.1, 0.15) is 10.7 Å². The lowest BCUT2D eigenvalue weighted by Crippen LogP contribution is -2.38. The summed E-state index contributed by atoms with van der Waals surface area (Å²) in [6.07, 6.45) is 0. The molecule has 112 valence electrons. The number of amides is 1. The molecule has 0 saturated heterocycles. The van der Waals surface area contributed by atoms with Crippen LogP contribution in [0.4, 0.5) is 10.1 Å². The first-order valence-corrected chi connectivity index (χ1v) is 7.91. The summed E-state index contributed by atoms with van der Waals surface area (Å²) in [7, 11) is -2.72. The maximum absolute atomic E-state index is 13.3. The van der Waals surface area contributed by atoms with E-state index in [4.69, 9.17) is 5.73 Å². The summed E-state index contributed by atoms with van der Waals surface area (Å²) in [4.78, 5) is 11.2. The minimum absolute atomic E-state index is 0.0170. The zero-order chi connectivity index (χ0) is 15.5. The van der Waals surface area contributed by atoms with Gasteiger partial charge in [0, 0.05) is 13.6 Å². The van der Waals surface area contributed by atoms with Gasteiger partial charge in [-0.05, 0) is 35.0 Å². The zero-order valence-corrected chi connectivity index (χ0v) is 13.4. The third-order valence-electron chi connectivity index (χ3n) is 2.48. The number of anilines is 1. The van der Waals surface area contributed by atoms with Crippen LogP contribution in [0.2, 0.25) is 0 Å². The number of nitrogen functional groups attached to an aromatic ring is 1. The van der Waals surface area contributed by atoms with Gasteiger partial charge >= 0.3 is 0 Å². The molecule has 6 nitrogen and oxygen atoms in total. The molecule has 3 N–H and O–H groups in total. The highest BCUT2D eigenvalue weighted by molar-refractivity contribution is 9.10. The van der Waals surface area contributed by atoms with Crippen LogP contribution in [-0.4, -0.2) is 38.8 Å². The highest BCUT2D eigenvalue weighted by atomic mass is 79.9. The van der Waals surface area contributed by atoms with Crippen molar-refractivity contribution in [2.24, 2.45) is 0 Å². The standard InChI is InChI=1S/C11H15BrFN3O3S/c1-3-15-11(17)6-16(2)20(18,19)10-4-7(12)8(13)5-9(10)14/h4-5H,3,6,14H2,1-2H3,(H,15,17). The second-order valence-electron chi connectivity index (χ2n) is 4.02. The van der Waals surface area contributed by atoms with Crippen molar-refractivity contribution >= 4 is 37.5 Å². The fourth-order valence-corrected chi connectivity index (χ4v) is 3.22. The molecule has 1 aromatic carbocycles. The Labute approximate surface area is 125 Å². The molecule has 0 aliphatic heterocycles. The SMILES string of the molecule is CCNC(=O)CN(C)S(=O)(=O)c1cc(Br)c(F)cc1N. The quantitative estimate of drug-likeness (QED) is 0.757. The Morgan fingerprint density at radius 2 is 2.10 bits per heavy atom. The van der Waals surface area contributed by atoms with Crippen LogP contribution >= 0.6 is 15.9 Å². The van der Waals surface area contributed by atoms with Crippen molar-refractivity contribution in [2.45, 2.75) is 11.8 Å². The molecule has 0 saturated carbocycles. The number of hydrogen-bond donors (Lipinski definition) is 2. The molecule has 1 amide bonds. The van der Waals surface area contributed by atoms with Gasteiger partial charge in [-0.25, -0.2) is 12.8 Å². The van der Waals surface area contributed by atoms with Crippen molar-refractivity contribution in [3.63, 3.8) is 0 Å². The molecule has 0 unspecified atom stereocenters. The van der Waals surface area contributed by atoms with E-state index in [1.54, 1.807) is 6.92 Å². The Morgan fingerprint density at radius 3 is 2.65 bits per heavy atom. The molecule has 1 rings (SSSR count). The number of benzene rings is 1. The predicted octanol–water partition coefficient (Wildman–Crippen LogP) is 0.927. The molecule has 1 aromatic rings. The average molecular weight is 368 g/mol. The van der Waals surface area contributed by atoms with E-state index < -0.39 is 21.7 Å². The number of likely N-dealkylation sites (N-methyl/N-ethyl adjacent to an activating group) is 2. The Bertz CT molecular complexity index is 622. The van der Waals surface area contributed by atoms with Crippen molar-refractivity contribution in [3.05, 3.63) is 22.4 Å². The van der Waals surface area contributed by atoms with Gasteiger partial charge in [0.2, 0.25) is 15.9 Å². The second kappa shape index (κ2) is 6.51. The van der Waals surface area contributed by atoms with Crippen LogP contribution in [0.1, 0.15) is 6.92 Å². The van der Waals surface area contributed by atoms with E-state index in [2.05, 4.69) is 21.2 Å². The van der Waals surface area contributed by atoms with Gasteiger partial charge in [-0.15, -0.1) is 0 Å². The number of halogens is 2. The summed E-state index contributed by atoms with van der Waals surface area (Å²) >= 11 is 2.90. The van der Waals surface area contributed by atoms with E-state index in [1.807, 2.05) is 0 Å². The molecule has 0 spiro atoms. The average Bonchev–Trinajstić information content (AvgIpc) is 2.33. The Hall–Kier alpha value is -1.19. The molecular weight excluding hydrogens is 353 g/mol. The zero-order valence-electron chi connectivity index (χ0n) is 11.0. The molecule has 0 aromatic heterocycles. The summed E-state index contributed by atoms with van der Waals surface area (Å²) in [5, 5.41) is 2.49. The van der Waals surface area contributed by atoms with E-state index in [1.165, 1.54) is 7.05 Å². The molecule has 0 atom stereocenters. The summed E-state index contributed by atoms with van der Waals surface area (Å²) in [5.41, 5.74) is 5.32. The fourth-order valence-electron chi connectivity index (χ4n) is 1.48. The van der Waals surface area contributed by atoms with Crippen molar-refractivity contribution in [3.8, 4) is 0 Å². The first-order chi connectivity index (χ1) is 9.20. The second-order valence-corrected chi connectivity index (χ2v) is 6.89. The topological polar surface area (TPSA) is 92.5 Å². The normalized spacial score (nSPS) is 11.7. The minimum Gasteiger partial charge on any atom is -0.398 e. The fraction of sp³-hybridized carbons (Fsp3) is 0.364. The molecule has 0 fully saturated rings. The third-order valence-corrected chi connectivity index (χ3v) is 4.95. The van der Waals surface area contributed by atoms with E-state index in [0.717, 1.165) is 16.4 Å². The van der Waals surface area contributed by atoms with Gasteiger partial charge in [-0.2, -0.15) is 4.31 Å². The number of rotatable bonds is 5. The van der Waals surface area contributed by atoms with Crippen molar-refractivity contribution < 1.29 is 17.6 Å². The molecule has 0 heterocycles. The molecule has 0 aliphatic rings. The summed E-state index contributed by atoms with van der Waals surface area (Å²) in [6, 6.07) is 1.99. The van der Waals surface area contributed by atoms with Crippen LogP contribution in [-0.2, 0) is 14.8 Å². The maximum Gasteiger partial charge on any atom is 0.245 e. The van der Waals surface area contributed by atoms with Crippen molar-refractivity contribution in [2.75, 3.05) is 25.9 Å². The van der Waals surface area contributed by atoms with Crippen molar-refractivity contribution in [1.82, 2.24) is 9.62 Å². The van der Waals surface area contributed by atoms with Crippen LogP contribution in [0.25, 0.3) is 0 Å². The first-order valence-electron chi connectivity index (χ1n) is 5.67. The molecule has 0 bridgehead atoms. The molecule has 9 heteroatoms. The van der Waals surface area contributed by atoms with E-state index in [9.17, 15) is 17.6 Å². The summed E-state index contributed by atoms with van der Waals surface area (Å²) in [5.74, 6) is -1.09. The third kappa shape index (κ3) is 3.68.